The highest BCUT2D eigenvalue weighted by Crippen LogP contribution is 2.22. The van der Waals surface area contributed by atoms with E-state index >= 15 is 0 Å². The second kappa shape index (κ2) is 9.69. The number of nitrogens with zero attached hydrogens (tertiary/aromatic N) is 2. The zero-order chi connectivity index (χ0) is 19.2. The van der Waals surface area contributed by atoms with Crippen molar-refractivity contribution in [3.8, 4) is 0 Å². The molecule has 1 saturated heterocycles. The number of hydrogen-bond donors (Lipinski definition) is 1. The fourth-order valence-electron chi connectivity index (χ4n) is 3.03. The summed E-state index contributed by atoms with van der Waals surface area (Å²) in [7, 11) is 0.628. The van der Waals surface area contributed by atoms with Crippen LogP contribution in [0.15, 0.2) is 24.3 Å². The Morgan fingerprint density at radius 3 is 2.42 bits per heavy atom. The smallest absolute Gasteiger partial charge is 0.223 e. The third-order valence-corrected chi connectivity index (χ3v) is 6.66. The van der Waals surface area contributed by atoms with Gasteiger partial charge in [0.25, 0.3) is 0 Å². The summed E-state index contributed by atoms with van der Waals surface area (Å²) in [4.78, 5) is 14.3. The number of piperidine rings is 1. The lowest BCUT2D eigenvalue weighted by Crippen LogP contribution is -2.43. The van der Waals surface area contributed by atoms with Crippen molar-refractivity contribution in [2.45, 2.75) is 25.0 Å². The van der Waals surface area contributed by atoms with E-state index in [-0.39, 0.29) is 17.6 Å². The first-order chi connectivity index (χ1) is 12.3. The molecule has 1 amide bonds. The van der Waals surface area contributed by atoms with Gasteiger partial charge in [0, 0.05) is 30.6 Å². The number of amides is 1. The maximum absolute atomic E-state index is 12.6. The highest BCUT2D eigenvalue weighted by Gasteiger charge is 2.31. The summed E-state index contributed by atoms with van der Waals surface area (Å²) in [6.45, 7) is 2.38. The molecule has 1 heterocycles. The summed E-state index contributed by atoms with van der Waals surface area (Å²) in [5, 5.41) is 3.55. The highest BCUT2D eigenvalue weighted by molar-refractivity contribution is 7.88. The molecule has 0 aromatic heterocycles. The van der Waals surface area contributed by atoms with Gasteiger partial charge in [-0.15, -0.1) is 0 Å². The molecule has 0 saturated carbocycles. The maximum Gasteiger partial charge on any atom is 0.223 e. The molecule has 2 rings (SSSR count). The predicted octanol–water partition coefficient (Wildman–Crippen LogP) is 1.95. The van der Waals surface area contributed by atoms with Crippen molar-refractivity contribution in [2.24, 2.45) is 5.92 Å². The number of hydrogen-bond acceptors (Lipinski definition) is 4. The second-order valence-corrected chi connectivity index (χ2v) is 9.41. The highest BCUT2D eigenvalue weighted by atomic mass is 35.5. The fraction of sp³-hybridized carbons (Fsp3) is 0.611. The number of halogens is 1. The molecule has 0 radical (unpaired) electrons. The van der Waals surface area contributed by atoms with Crippen molar-refractivity contribution in [2.75, 3.05) is 40.3 Å². The van der Waals surface area contributed by atoms with Crippen molar-refractivity contribution < 1.29 is 13.2 Å². The minimum atomic E-state index is -3.38. The lowest BCUT2D eigenvalue weighted by molar-refractivity contribution is -0.126. The molecule has 1 aliphatic heterocycles. The van der Waals surface area contributed by atoms with Crippen molar-refractivity contribution in [3.63, 3.8) is 0 Å². The van der Waals surface area contributed by atoms with E-state index in [4.69, 9.17) is 11.6 Å². The van der Waals surface area contributed by atoms with Crippen molar-refractivity contribution >= 4 is 27.5 Å². The topological polar surface area (TPSA) is 69.7 Å². The Hall–Kier alpha value is -1.15. The van der Waals surface area contributed by atoms with Crippen LogP contribution in [0.5, 0.6) is 0 Å². The average molecular weight is 402 g/mol. The molecule has 26 heavy (non-hydrogen) atoms. The number of sulfonamides is 1. The first-order valence-electron chi connectivity index (χ1n) is 8.92. The molecule has 1 fully saturated rings. The van der Waals surface area contributed by atoms with Crippen LogP contribution in [0.3, 0.4) is 0 Å². The van der Waals surface area contributed by atoms with Crippen LogP contribution < -0.4 is 5.32 Å². The lowest BCUT2D eigenvalue weighted by Gasteiger charge is -2.30. The lowest BCUT2D eigenvalue weighted by atomic mass is 9.97. The van der Waals surface area contributed by atoms with Crippen LogP contribution in [0.1, 0.15) is 24.8 Å². The number of benzene rings is 1. The third-order valence-electron chi connectivity index (χ3n) is 4.56. The van der Waals surface area contributed by atoms with E-state index in [9.17, 15) is 13.2 Å². The standard InChI is InChI=1S/C18H28ClN3O3S/c1-21(2)11-3-10-20-18(23)16-8-12-22(13-9-16)26(24,25)14-15-4-6-17(19)7-5-15/h4-7,16H,3,8-14H2,1-2H3,(H,20,23). The maximum atomic E-state index is 12.6. The van der Waals surface area contributed by atoms with Gasteiger partial charge >= 0.3 is 0 Å². The minimum absolute atomic E-state index is 0.0361. The quantitative estimate of drug-likeness (QED) is 0.676. The first-order valence-corrected chi connectivity index (χ1v) is 10.9. The fourth-order valence-corrected chi connectivity index (χ4v) is 4.72. The zero-order valence-electron chi connectivity index (χ0n) is 15.4. The number of rotatable bonds is 8. The Kier molecular flexibility index (Phi) is 7.88. The van der Waals surface area contributed by atoms with Crippen LogP contribution in [0.25, 0.3) is 0 Å². The molecule has 8 heteroatoms. The molecular weight excluding hydrogens is 374 g/mol. The number of carbonyl (C=O) groups is 1. The van der Waals surface area contributed by atoms with Crippen molar-refractivity contribution in [1.82, 2.24) is 14.5 Å². The molecule has 1 N–H and O–H groups in total. The van der Waals surface area contributed by atoms with Gasteiger partial charge in [-0.1, -0.05) is 23.7 Å². The molecule has 1 aromatic rings. The van der Waals surface area contributed by atoms with Gasteiger partial charge in [0.05, 0.1) is 5.75 Å². The summed E-state index contributed by atoms with van der Waals surface area (Å²) in [5.74, 6) is -0.0965. The van der Waals surface area contributed by atoms with Crippen LogP contribution in [-0.2, 0) is 20.6 Å². The van der Waals surface area contributed by atoms with Crippen molar-refractivity contribution in [3.05, 3.63) is 34.9 Å². The van der Waals surface area contributed by atoms with Crippen LogP contribution in [0.2, 0.25) is 5.02 Å². The summed E-state index contributed by atoms with van der Waals surface area (Å²) < 4.78 is 26.7. The van der Waals surface area contributed by atoms with E-state index in [0.29, 0.717) is 37.5 Å². The number of carbonyl (C=O) groups excluding carboxylic acids is 1. The summed E-state index contributed by atoms with van der Waals surface area (Å²) in [6, 6.07) is 6.85. The van der Waals surface area contributed by atoms with E-state index < -0.39 is 10.0 Å². The number of nitrogens with one attached hydrogen (secondary N) is 1. The molecule has 0 aliphatic carbocycles. The van der Waals surface area contributed by atoms with E-state index in [0.717, 1.165) is 18.5 Å². The molecule has 146 valence electrons. The largest absolute Gasteiger partial charge is 0.356 e. The molecule has 1 aromatic carbocycles. The molecule has 6 nitrogen and oxygen atoms in total. The van der Waals surface area contributed by atoms with Gasteiger partial charge in [-0.2, -0.15) is 0 Å². The van der Waals surface area contributed by atoms with Crippen LogP contribution in [0.4, 0.5) is 0 Å². The van der Waals surface area contributed by atoms with Gasteiger partial charge < -0.3 is 10.2 Å². The summed E-state index contributed by atoms with van der Waals surface area (Å²) in [6.07, 6.45) is 2.05. The van der Waals surface area contributed by atoms with Crippen LogP contribution in [-0.4, -0.2) is 63.8 Å². The normalized spacial score (nSPS) is 16.8. The Balaban J connectivity index is 1.79. The Morgan fingerprint density at radius 2 is 1.85 bits per heavy atom. The first kappa shape index (κ1) is 21.2. The molecule has 1 aliphatic rings. The second-order valence-electron chi connectivity index (χ2n) is 7.00. The van der Waals surface area contributed by atoms with Gasteiger partial charge in [0.15, 0.2) is 0 Å². The van der Waals surface area contributed by atoms with Crippen LogP contribution in [0, 0.1) is 5.92 Å². The zero-order valence-corrected chi connectivity index (χ0v) is 17.0. The van der Waals surface area contributed by atoms with Gasteiger partial charge in [-0.25, -0.2) is 12.7 Å². The van der Waals surface area contributed by atoms with E-state index in [1.165, 1.54) is 4.31 Å². The van der Waals surface area contributed by atoms with Gasteiger partial charge in [-0.05, 0) is 57.6 Å². The Labute approximate surface area is 161 Å². The summed E-state index contributed by atoms with van der Waals surface area (Å²) in [5.41, 5.74) is 0.718. The molecular formula is C18H28ClN3O3S. The summed E-state index contributed by atoms with van der Waals surface area (Å²) >= 11 is 5.84. The van der Waals surface area contributed by atoms with Crippen molar-refractivity contribution in [1.29, 1.82) is 0 Å². The molecule has 0 unspecified atom stereocenters. The van der Waals surface area contributed by atoms with Gasteiger partial charge in [-0.3, -0.25) is 4.79 Å². The predicted molar refractivity (Wildman–Crippen MR) is 105 cm³/mol. The van der Waals surface area contributed by atoms with Gasteiger partial charge in [0.1, 0.15) is 0 Å². The minimum Gasteiger partial charge on any atom is -0.356 e. The van der Waals surface area contributed by atoms with E-state index in [1.807, 2.05) is 14.1 Å². The monoisotopic (exact) mass is 401 g/mol. The van der Waals surface area contributed by atoms with E-state index in [2.05, 4.69) is 10.2 Å². The molecule has 0 bridgehead atoms. The third kappa shape index (κ3) is 6.54. The molecule has 0 spiro atoms. The average Bonchev–Trinajstić information content (AvgIpc) is 2.60. The Bertz CT molecular complexity index is 684. The van der Waals surface area contributed by atoms with Gasteiger partial charge in [0.2, 0.25) is 15.9 Å². The van der Waals surface area contributed by atoms with E-state index in [1.54, 1.807) is 24.3 Å². The van der Waals surface area contributed by atoms with Crippen LogP contribution >= 0.6 is 11.6 Å². The molecule has 0 atom stereocenters. The Morgan fingerprint density at radius 1 is 1.23 bits per heavy atom. The SMILES string of the molecule is CN(C)CCCNC(=O)C1CCN(S(=O)(=O)Cc2ccc(Cl)cc2)CC1.